The number of rotatable bonds is 7. The zero-order valence-electron chi connectivity index (χ0n) is 16.6. The first-order valence-electron chi connectivity index (χ1n) is 9.29. The Bertz CT molecular complexity index is 974. The van der Waals surface area contributed by atoms with E-state index in [2.05, 4.69) is 25.6 Å². The van der Waals surface area contributed by atoms with Crippen LogP contribution in [0.5, 0.6) is 0 Å². The van der Waals surface area contributed by atoms with Crippen molar-refractivity contribution in [3.05, 3.63) is 42.6 Å². The number of hydrogen-bond acceptors (Lipinski definition) is 6. The van der Waals surface area contributed by atoms with E-state index in [9.17, 15) is 9.90 Å². The van der Waals surface area contributed by atoms with E-state index < -0.39 is 5.60 Å². The van der Waals surface area contributed by atoms with Gasteiger partial charge in [-0.3, -0.25) is 9.36 Å². The van der Waals surface area contributed by atoms with Gasteiger partial charge < -0.3 is 15.7 Å². The third-order valence-corrected chi connectivity index (χ3v) is 4.20. The number of nitrogens with one attached hydrogen (secondary N) is 2. The minimum Gasteiger partial charge on any atom is -0.390 e. The molecule has 148 valence electrons. The van der Waals surface area contributed by atoms with Gasteiger partial charge in [0.05, 0.1) is 16.9 Å². The SMILES string of the molecule is CC(C)Nc1cc(-n2ccc3cncnc32)ncc1C(=O)NCCC(C)(C)O. The molecule has 8 heteroatoms. The number of carbonyl (C=O) groups excluding carboxylic acids is 1. The Labute approximate surface area is 164 Å². The molecule has 3 heterocycles. The third-order valence-electron chi connectivity index (χ3n) is 4.20. The lowest BCUT2D eigenvalue weighted by molar-refractivity contribution is 0.0693. The summed E-state index contributed by atoms with van der Waals surface area (Å²) in [4.78, 5) is 25.5. The van der Waals surface area contributed by atoms with Crippen LogP contribution in [0.15, 0.2) is 37.1 Å². The van der Waals surface area contributed by atoms with E-state index in [1.54, 1.807) is 26.2 Å². The summed E-state index contributed by atoms with van der Waals surface area (Å²) in [5.41, 5.74) is 1.07. The number of fused-ring (bicyclic) bond motifs is 1. The molecule has 0 bridgehead atoms. The summed E-state index contributed by atoms with van der Waals surface area (Å²) < 4.78 is 1.86. The van der Waals surface area contributed by atoms with Gasteiger partial charge in [-0.2, -0.15) is 0 Å². The summed E-state index contributed by atoms with van der Waals surface area (Å²) in [5.74, 6) is 0.427. The van der Waals surface area contributed by atoms with Crippen molar-refractivity contribution in [1.82, 2.24) is 24.8 Å². The number of amides is 1. The Morgan fingerprint density at radius 1 is 1.29 bits per heavy atom. The fourth-order valence-corrected chi connectivity index (χ4v) is 2.83. The molecule has 3 N–H and O–H groups in total. The summed E-state index contributed by atoms with van der Waals surface area (Å²) >= 11 is 0. The molecular formula is C20H26N6O2. The fourth-order valence-electron chi connectivity index (χ4n) is 2.83. The number of nitrogens with zero attached hydrogens (tertiary/aromatic N) is 4. The minimum atomic E-state index is -0.828. The molecule has 0 fully saturated rings. The number of aliphatic hydroxyl groups is 1. The lowest BCUT2D eigenvalue weighted by Crippen LogP contribution is -2.31. The molecular weight excluding hydrogens is 356 g/mol. The standard InChI is InChI=1S/C20H26N6O2/c1-13(2)25-16-9-17(26-8-5-14-10-21-12-24-18(14)26)23-11-15(16)19(27)22-7-6-20(3,4)28/h5,8-13,28H,6-7H2,1-4H3,(H,22,27)(H,23,25). The quantitative estimate of drug-likeness (QED) is 0.580. The van der Waals surface area contributed by atoms with Gasteiger partial charge in [0.1, 0.15) is 17.8 Å². The van der Waals surface area contributed by atoms with E-state index in [1.165, 1.54) is 6.33 Å². The molecule has 3 rings (SSSR count). The van der Waals surface area contributed by atoms with Crippen molar-refractivity contribution in [3.63, 3.8) is 0 Å². The smallest absolute Gasteiger partial charge is 0.254 e. The van der Waals surface area contributed by atoms with Gasteiger partial charge >= 0.3 is 0 Å². The second-order valence-electron chi connectivity index (χ2n) is 7.69. The number of hydrogen-bond donors (Lipinski definition) is 3. The van der Waals surface area contributed by atoms with E-state index in [1.807, 2.05) is 36.7 Å². The van der Waals surface area contributed by atoms with Crippen LogP contribution in [0.3, 0.4) is 0 Å². The molecule has 3 aromatic rings. The molecule has 0 saturated carbocycles. The van der Waals surface area contributed by atoms with E-state index in [4.69, 9.17) is 0 Å². The molecule has 0 aliphatic rings. The van der Waals surface area contributed by atoms with Crippen LogP contribution < -0.4 is 10.6 Å². The Morgan fingerprint density at radius 3 is 2.79 bits per heavy atom. The summed E-state index contributed by atoms with van der Waals surface area (Å²) in [7, 11) is 0. The van der Waals surface area contributed by atoms with Gasteiger partial charge in [0, 0.05) is 42.6 Å². The molecule has 0 unspecified atom stereocenters. The van der Waals surface area contributed by atoms with Crippen molar-refractivity contribution in [3.8, 4) is 5.82 Å². The summed E-state index contributed by atoms with van der Waals surface area (Å²) in [6.45, 7) is 7.82. The Morgan fingerprint density at radius 2 is 2.07 bits per heavy atom. The van der Waals surface area contributed by atoms with Crippen molar-refractivity contribution in [2.75, 3.05) is 11.9 Å². The maximum absolute atomic E-state index is 12.6. The van der Waals surface area contributed by atoms with Crippen LogP contribution in [-0.4, -0.2) is 48.7 Å². The van der Waals surface area contributed by atoms with Crippen LogP contribution in [0.4, 0.5) is 5.69 Å². The summed E-state index contributed by atoms with van der Waals surface area (Å²) in [6, 6.07) is 3.90. The summed E-state index contributed by atoms with van der Waals surface area (Å²) in [6.07, 6.45) is 7.15. The van der Waals surface area contributed by atoms with Crippen LogP contribution in [0.25, 0.3) is 16.9 Å². The van der Waals surface area contributed by atoms with Gasteiger partial charge in [0.15, 0.2) is 0 Å². The molecule has 0 aliphatic carbocycles. The van der Waals surface area contributed by atoms with Crippen LogP contribution in [0.1, 0.15) is 44.5 Å². The second kappa shape index (κ2) is 7.93. The maximum atomic E-state index is 12.6. The minimum absolute atomic E-state index is 0.141. The number of anilines is 1. The van der Waals surface area contributed by atoms with Gasteiger partial charge in [-0.15, -0.1) is 0 Å². The first-order chi connectivity index (χ1) is 13.2. The van der Waals surface area contributed by atoms with Gasteiger partial charge in [-0.25, -0.2) is 15.0 Å². The lowest BCUT2D eigenvalue weighted by Gasteiger charge is -2.18. The van der Waals surface area contributed by atoms with E-state index in [0.29, 0.717) is 30.0 Å². The Balaban J connectivity index is 1.90. The van der Waals surface area contributed by atoms with Gasteiger partial charge in [0.2, 0.25) is 0 Å². The van der Waals surface area contributed by atoms with Crippen molar-refractivity contribution < 1.29 is 9.90 Å². The molecule has 0 atom stereocenters. The Hall–Kier alpha value is -3.00. The predicted octanol–water partition coefficient (Wildman–Crippen LogP) is 2.53. The first-order valence-corrected chi connectivity index (χ1v) is 9.29. The topological polar surface area (TPSA) is 105 Å². The molecule has 0 aliphatic heterocycles. The highest BCUT2D eigenvalue weighted by atomic mass is 16.3. The zero-order valence-corrected chi connectivity index (χ0v) is 16.6. The number of aromatic nitrogens is 4. The highest BCUT2D eigenvalue weighted by Crippen LogP contribution is 2.22. The van der Waals surface area contributed by atoms with Crippen LogP contribution >= 0.6 is 0 Å². The molecule has 8 nitrogen and oxygen atoms in total. The highest BCUT2D eigenvalue weighted by molar-refractivity contribution is 5.99. The Kier molecular flexibility index (Phi) is 5.60. The molecule has 3 aromatic heterocycles. The zero-order chi connectivity index (χ0) is 20.3. The predicted molar refractivity (Wildman–Crippen MR) is 109 cm³/mol. The van der Waals surface area contributed by atoms with E-state index >= 15 is 0 Å². The first kappa shape index (κ1) is 19.8. The van der Waals surface area contributed by atoms with Gasteiger partial charge in [-0.1, -0.05) is 0 Å². The van der Waals surface area contributed by atoms with Crippen molar-refractivity contribution >= 4 is 22.6 Å². The van der Waals surface area contributed by atoms with E-state index in [-0.39, 0.29) is 11.9 Å². The molecule has 0 radical (unpaired) electrons. The number of carbonyl (C=O) groups is 1. The average molecular weight is 382 g/mol. The van der Waals surface area contributed by atoms with Crippen LogP contribution in [0.2, 0.25) is 0 Å². The molecule has 0 saturated heterocycles. The van der Waals surface area contributed by atoms with Crippen LogP contribution in [0, 0.1) is 0 Å². The largest absolute Gasteiger partial charge is 0.390 e. The fraction of sp³-hybridized carbons (Fsp3) is 0.400. The second-order valence-corrected chi connectivity index (χ2v) is 7.69. The van der Waals surface area contributed by atoms with E-state index in [0.717, 1.165) is 11.0 Å². The van der Waals surface area contributed by atoms with Gasteiger partial charge in [-0.05, 0) is 40.2 Å². The molecule has 0 aromatic carbocycles. The van der Waals surface area contributed by atoms with Crippen molar-refractivity contribution in [2.45, 2.75) is 45.8 Å². The third kappa shape index (κ3) is 4.64. The monoisotopic (exact) mass is 382 g/mol. The number of pyridine rings is 1. The molecule has 1 amide bonds. The van der Waals surface area contributed by atoms with Crippen LogP contribution in [-0.2, 0) is 0 Å². The lowest BCUT2D eigenvalue weighted by atomic mass is 10.1. The molecule has 28 heavy (non-hydrogen) atoms. The van der Waals surface area contributed by atoms with Crippen molar-refractivity contribution in [1.29, 1.82) is 0 Å². The average Bonchev–Trinajstić information content (AvgIpc) is 3.04. The highest BCUT2D eigenvalue weighted by Gasteiger charge is 2.17. The van der Waals surface area contributed by atoms with Crippen molar-refractivity contribution in [2.24, 2.45) is 0 Å². The van der Waals surface area contributed by atoms with Gasteiger partial charge in [0.25, 0.3) is 5.91 Å². The molecule has 0 spiro atoms. The maximum Gasteiger partial charge on any atom is 0.254 e. The summed E-state index contributed by atoms with van der Waals surface area (Å²) in [5, 5.41) is 16.9. The normalized spacial score (nSPS) is 11.8.